The minimum absolute atomic E-state index is 0.0519. The van der Waals surface area contributed by atoms with Crippen molar-refractivity contribution < 1.29 is 9.90 Å². The smallest absolute Gasteiger partial charge is 0.307 e. The van der Waals surface area contributed by atoms with E-state index in [1.807, 2.05) is 42.3 Å². The van der Waals surface area contributed by atoms with Gasteiger partial charge in [-0.1, -0.05) is 98.5 Å². The van der Waals surface area contributed by atoms with Gasteiger partial charge in [0.15, 0.2) is 0 Å². The standard InChI is InChI=1S/C32H36N2O3S/c1-3-4-5-6-10-13-30(35)34(2)22-24-18-27(25-11-8-7-9-12-25)21-28(19-24)26-16-14-23(15-17-26)20-29-31(36)33-32(37)38-29/h7-9,11-12,14-19,21,36H,3-6,10,13,20,22H2,1-2H3,(H,33,37). The van der Waals surface area contributed by atoms with Crippen molar-refractivity contribution in [3.63, 3.8) is 0 Å². The molecular weight excluding hydrogens is 492 g/mol. The van der Waals surface area contributed by atoms with Crippen molar-refractivity contribution in [2.45, 2.75) is 58.4 Å². The molecule has 3 aromatic carbocycles. The molecule has 6 heteroatoms. The van der Waals surface area contributed by atoms with E-state index in [9.17, 15) is 14.7 Å². The van der Waals surface area contributed by atoms with Gasteiger partial charge in [-0.2, -0.15) is 0 Å². The van der Waals surface area contributed by atoms with Gasteiger partial charge in [0, 0.05) is 26.4 Å². The van der Waals surface area contributed by atoms with Crippen LogP contribution in [0.4, 0.5) is 0 Å². The lowest BCUT2D eigenvalue weighted by atomic mass is 9.95. The first kappa shape index (κ1) is 27.4. The molecule has 0 bridgehead atoms. The third-order valence-corrected chi connectivity index (χ3v) is 7.66. The van der Waals surface area contributed by atoms with Gasteiger partial charge in [0.1, 0.15) is 0 Å². The lowest BCUT2D eigenvalue weighted by Crippen LogP contribution is -2.25. The van der Waals surface area contributed by atoms with Crippen LogP contribution in [-0.4, -0.2) is 27.9 Å². The van der Waals surface area contributed by atoms with Crippen molar-refractivity contribution in [1.82, 2.24) is 9.88 Å². The number of nitrogens with one attached hydrogen (secondary N) is 1. The first-order chi connectivity index (χ1) is 18.4. The normalized spacial score (nSPS) is 11.0. The third-order valence-electron chi connectivity index (χ3n) is 6.79. The Balaban J connectivity index is 1.54. The van der Waals surface area contributed by atoms with Crippen LogP contribution in [0.25, 0.3) is 22.3 Å². The van der Waals surface area contributed by atoms with Crippen LogP contribution in [0, 0.1) is 0 Å². The SMILES string of the molecule is CCCCCCCC(=O)N(C)Cc1cc(-c2ccccc2)cc(-c2ccc(Cc3sc(=O)[nH]c3O)cc2)c1. The number of H-pyrrole nitrogens is 1. The van der Waals surface area contributed by atoms with E-state index in [2.05, 4.69) is 54.4 Å². The summed E-state index contributed by atoms with van der Waals surface area (Å²) in [7, 11) is 1.89. The van der Waals surface area contributed by atoms with Crippen molar-refractivity contribution in [3.05, 3.63) is 98.5 Å². The zero-order chi connectivity index (χ0) is 26.9. The maximum absolute atomic E-state index is 12.8. The molecule has 4 aromatic rings. The number of benzene rings is 3. The van der Waals surface area contributed by atoms with Gasteiger partial charge in [-0.3, -0.25) is 14.6 Å². The van der Waals surface area contributed by atoms with Gasteiger partial charge in [-0.15, -0.1) is 0 Å². The number of amides is 1. The number of hydrogen-bond acceptors (Lipinski definition) is 4. The molecule has 0 radical (unpaired) electrons. The predicted octanol–water partition coefficient (Wildman–Crippen LogP) is 7.39. The second kappa shape index (κ2) is 13.2. The molecule has 0 spiro atoms. The van der Waals surface area contributed by atoms with Crippen LogP contribution >= 0.6 is 11.3 Å². The Morgan fingerprint density at radius 2 is 1.50 bits per heavy atom. The van der Waals surface area contributed by atoms with E-state index in [-0.39, 0.29) is 16.7 Å². The number of unbranched alkanes of at least 4 members (excludes halogenated alkanes) is 4. The Labute approximate surface area is 228 Å². The van der Waals surface area contributed by atoms with E-state index in [0.29, 0.717) is 24.3 Å². The number of carbonyl (C=O) groups is 1. The lowest BCUT2D eigenvalue weighted by Gasteiger charge is -2.19. The first-order valence-corrected chi connectivity index (χ1v) is 14.2. The highest BCUT2D eigenvalue weighted by atomic mass is 32.1. The van der Waals surface area contributed by atoms with E-state index < -0.39 is 0 Å². The highest BCUT2D eigenvalue weighted by molar-refractivity contribution is 7.09. The van der Waals surface area contributed by atoms with Crippen LogP contribution in [0.1, 0.15) is 61.5 Å². The number of aromatic amines is 1. The van der Waals surface area contributed by atoms with E-state index >= 15 is 0 Å². The van der Waals surface area contributed by atoms with Crippen LogP contribution in [0.15, 0.2) is 77.6 Å². The van der Waals surface area contributed by atoms with Gasteiger partial charge >= 0.3 is 4.87 Å². The summed E-state index contributed by atoms with van der Waals surface area (Å²) >= 11 is 1.03. The lowest BCUT2D eigenvalue weighted by molar-refractivity contribution is -0.130. The summed E-state index contributed by atoms with van der Waals surface area (Å²) < 4.78 is 0. The second-order valence-corrected chi connectivity index (χ2v) is 10.9. The second-order valence-electron chi connectivity index (χ2n) is 9.86. The van der Waals surface area contributed by atoms with Gasteiger partial charge in [0.05, 0.1) is 4.88 Å². The first-order valence-electron chi connectivity index (χ1n) is 13.4. The molecule has 1 aromatic heterocycles. The van der Waals surface area contributed by atoms with E-state index in [1.165, 1.54) is 19.3 Å². The van der Waals surface area contributed by atoms with Gasteiger partial charge < -0.3 is 10.0 Å². The number of hydrogen-bond donors (Lipinski definition) is 2. The fraction of sp³-hybridized carbons (Fsp3) is 0.312. The number of rotatable bonds is 12. The van der Waals surface area contributed by atoms with Crippen molar-refractivity contribution in [2.24, 2.45) is 0 Å². The summed E-state index contributed by atoms with van der Waals surface area (Å²) in [4.78, 5) is 28.9. The van der Waals surface area contributed by atoms with Crippen molar-refractivity contribution in [3.8, 4) is 28.1 Å². The molecule has 198 valence electrons. The summed E-state index contributed by atoms with van der Waals surface area (Å²) in [6.45, 7) is 2.76. The average molecular weight is 529 g/mol. The molecular formula is C32H36N2O3S. The van der Waals surface area contributed by atoms with E-state index in [1.54, 1.807) is 0 Å². The topological polar surface area (TPSA) is 73.4 Å². The van der Waals surface area contributed by atoms with Crippen LogP contribution in [0.2, 0.25) is 0 Å². The van der Waals surface area contributed by atoms with Crippen LogP contribution in [0.5, 0.6) is 5.88 Å². The van der Waals surface area contributed by atoms with Gasteiger partial charge in [0.25, 0.3) is 0 Å². The van der Waals surface area contributed by atoms with Gasteiger partial charge in [-0.25, -0.2) is 0 Å². The highest BCUT2D eigenvalue weighted by Gasteiger charge is 2.13. The average Bonchev–Trinajstić information content (AvgIpc) is 3.25. The third kappa shape index (κ3) is 7.45. The van der Waals surface area contributed by atoms with Crippen molar-refractivity contribution in [2.75, 3.05) is 7.05 Å². The zero-order valence-corrected chi connectivity index (χ0v) is 23.0. The van der Waals surface area contributed by atoms with Crippen LogP contribution < -0.4 is 4.87 Å². The Kier molecular flexibility index (Phi) is 9.55. The number of nitrogens with zero attached hydrogens (tertiary/aromatic N) is 1. The minimum atomic E-state index is -0.251. The van der Waals surface area contributed by atoms with E-state index in [4.69, 9.17) is 0 Å². The van der Waals surface area contributed by atoms with Crippen LogP contribution in [0.3, 0.4) is 0 Å². The fourth-order valence-electron chi connectivity index (χ4n) is 4.65. The molecule has 0 atom stereocenters. The van der Waals surface area contributed by atoms with Crippen molar-refractivity contribution in [1.29, 1.82) is 0 Å². The number of thiazole rings is 1. The number of carbonyl (C=O) groups excluding carboxylic acids is 1. The number of aromatic nitrogens is 1. The van der Waals surface area contributed by atoms with Gasteiger partial charge in [0.2, 0.25) is 11.8 Å². The minimum Gasteiger partial charge on any atom is -0.494 e. The Morgan fingerprint density at radius 3 is 2.13 bits per heavy atom. The monoisotopic (exact) mass is 528 g/mol. The molecule has 4 rings (SSSR count). The molecule has 1 amide bonds. The molecule has 1 heterocycles. The fourth-order valence-corrected chi connectivity index (χ4v) is 5.41. The molecule has 0 aliphatic heterocycles. The molecule has 0 saturated carbocycles. The predicted molar refractivity (Wildman–Crippen MR) is 157 cm³/mol. The summed E-state index contributed by atoms with van der Waals surface area (Å²) in [5.74, 6) is 0.136. The van der Waals surface area contributed by atoms with E-state index in [0.717, 1.165) is 57.6 Å². The molecule has 0 saturated heterocycles. The molecule has 0 aliphatic carbocycles. The molecule has 38 heavy (non-hydrogen) atoms. The quantitative estimate of drug-likeness (QED) is 0.188. The summed E-state index contributed by atoms with van der Waals surface area (Å²) in [6, 6.07) is 25.0. The molecule has 0 unspecified atom stereocenters. The number of aromatic hydroxyl groups is 1. The molecule has 5 nitrogen and oxygen atoms in total. The highest BCUT2D eigenvalue weighted by Crippen LogP contribution is 2.30. The zero-order valence-electron chi connectivity index (χ0n) is 22.2. The van der Waals surface area contributed by atoms with Gasteiger partial charge in [-0.05, 0) is 58.0 Å². The summed E-state index contributed by atoms with van der Waals surface area (Å²) in [6.07, 6.45) is 6.78. The Bertz CT molecular complexity index is 1390. The Hall–Kier alpha value is -3.64. The summed E-state index contributed by atoms with van der Waals surface area (Å²) in [5.41, 5.74) is 6.52. The molecule has 0 aliphatic rings. The maximum Gasteiger partial charge on any atom is 0.307 e. The van der Waals surface area contributed by atoms with Crippen molar-refractivity contribution >= 4 is 17.2 Å². The summed E-state index contributed by atoms with van der Waals surface area (Å²) in [5, 5.41) is 9.91. The maximum atomic E-state index is 12.8. The Morgan fingerprint density at radius 1 is 0.842 bits per heavy atom. The molecule has 0 fully saturated rings. The van der Waals surface area contributed by atoms with Crippen LogP contribution in [-0.2, 0) is 17.8 Å². The largest absolute Gasteiger partial charge is 0.494 e. The molecule has 2 N–H and O–H groups in total.